The SMILES string of the molecule is CCOC(=O)CNS(=O)(=O)c1cc(-c2nnc(Nc3ccc(O)cc3)c3ccccc23)ccc1C. The summed E-state index contributed by atoms with van der Waals surface area (Å²) in [6, 6.07) is 19.1. The second kappa shape index (κ2) is 10.1. The first-order valence-corrected chi connectivity index (χ1v) is 12.3. The van der Waals surface area contributed by atoms with E-state index >= 15 is 0 Å². The fraction of sp³-hybridized carbons (Fsp3) is 0.160. The average Bonchev–Trinajstić information content (AvgIpc) is 2.85. The van der Waals surface area contributed by atoms with E-state index in [1.807, 2.05) is 24.3 Å². The number of fused-ring (bicyclic) bond motifs is 1. The molecule has 9 nitrogen and oxygen atoms in total. The van der Waals surface area contributed by atoms with Crippen LogP contribution in [0.25, 0.3) is 22.0 Å². The number of carbonyl (C=O) groups is 1. The predicted octanol–water partition coefficient (Wildman–Crippen LogP) is 3.90. The van der Waals surface area contributed by atoms with Gasteiger partial charge in [0.05, 0.1) is 11.5 Å². The van der Waals surface area contributed by atoms with Gasteiger partial charge in [0.2, 0.25) is 10.0 Å². The third-order valence-corrected chi connectivity index (χ3v) is 6.82. The third-order valence-electron chi connectivity index (χ3n) is 5.28. The Morgan fingerprint density at radius 1 is 1.00 bits per heavy atom. The number of phenolic OH excluding ortho intramolecular Hbond substituents is 1. The molecule has 0 fully saturated rings. The summed E-state index contributed by atoms with van der Waals surface area (Å²) >= 11 is 0. The van der Waals surface area contributed by atoms with Crippen LogP contribution >= 0.6 is 0 Å². The maximum Gasteiger partial charge on any atom is 0.321 e. The number of hydrogen-bond acceptors (Lipinski definition) is 8. The van der Waals surface area contributed by atoms with Crippen molar-refractivity contribution in [1.29, 1.82) is 0 Å². The second-order valence-electron chi connectivity index (χ2n) is 7.72. The molecule has 0 bridgehead atoms. The molecular formula is C25H24N4O5S. The van der Waals surface area contributed by atoms with E-state index in [0.29, 0.717) is 22.6 Å². The molecule has 35 heavy (non-hydrogen) atoms. The molecule has 1 aromatic heterocycles. The maximum atomic E-state index is 12.9. The summed E-state index contributed by atoms with van der Waals surface area (Å²) in [5, 5.41) is 23.0. The van der Waals surface area contributed by atoms with Gasteiger partial charge in [-0.15, -0.1) is 10.2 Å². The maximum absolute atomic E-state index is 12.9. The van der Waals surface area contributed by atoms with Crippen molar-refractivity contribution in [3.8, 4) is 17.0 Å². The van der Waals surface area contributed by atoms with Crippen LogP contribution < -0.4 is 10.0 Å². The van der Waals surface area contributed by atoms with Gasteiger partial charge in [-0.3, -0.25) is 4.79 Å². The molecule has 0 spiro atoms. The minimum atomic E-state index is -3.97. The lowest BCUT2D eigenvalue weighted by Gasteiger charge is -2.13. The third kappa shape index (κ3) is 5.39. The highest BCUT2D eigenvalue weighted by molar-refractivity contribution is 7.89. The summed E-state index contributed by atoms with van der Waals surface area (Å²) in [6.07, 6.45) is 0. The molecule has 4 rings (SSSR count). The topological polar surface area (TPSA) is 131 Å². The summed E-state index contributed by atoms with van der Waals surface area (Å²) < 4.78 is 32.9. The highest BCUT2D eigenvalue weighted by Crippen LogP contribution is 2.33. The van der Waals surface area contributed by atoms with Crippen LogP contribution in [-0.2, 0) is 19.6 Å². The smallest absolute Gasteiger partial charge is 0.321 e. The quantitative estimate of drug-likeness (QED) is 0.249. The van der Waals surface area contributed by atoms with E-state index in [2.05, 4.69) is 20.2 Å². The zero-order valence-corrected chi connectivity index (χ0v) is 20.0. The molecule has 3 N–H and O–H groups in total. The Morgan fingerprint density at radius 3 is 2.43 bits per heavy atom. The Hall–Kier alpha value is -4.02. The fourth-order valence-corrected chi connectivity index (χ4v) is 4.81. The number of esters is 1. The van der Waals surface area contributed by atoms with E-state index in [0.717, 1.165) is 16.5 Å². The zero-order chi connectivity index (χ0) is 25.0. The summed E-state index contributed by atoms with van der Waals surface area (Å²) in [5.41, 5.74) is 2.32. The van der Waals surface area contributed by atoms with Gasteiger partial charge in [-0.1, -0.05) is 36.4 Å². The van der Waals surface area contributed by atoms with Gasteiger partial charge < -0.3 is 15.2 Å². The Balaban J connectivity index is 1.72. The molecule has 180 valence electrons. The van der Waals surface area contributed by atoms with Gasteiger partial charge in [-0.25, -0.2) is 8.42 Å². The largest absolute Gasteiger partial charge is 0.508 e. The van der Waals surface area contributed by atoms with E-state index < -0.39 is 22.5 Å². The number of rotatable bonds is 8. The Labute approximate surface area is 202 Å². The van der Waals surface area contributed by atoms with Gasteiger partial charge in [-0.05, 0) is 49.7 Å². The second-order valence-corrected chi connectivity index (χ2v) is 9.46. The zero-order valence-electron chi connectivity index (χ0n) is 19.1. The standard InChI is InChI=1S/C25H24N4O5S/c1-3-34-23(31)15-26-35(32,33)22-14-17(9-8-16(22)2)24-20-6-4-5-7-21(20)25(29-28-24)27-18-10-12-19(30)13-11-18/h4-14,26,30H,3,15H2,1-2H3,(H,27,29). The number of sulfonamides is 1. The van der Waals surface area contributed by atoms with Crippen LogP contribution in [0, 0.1) is 6.92 Å². The van der Waals surface area contributed by atoms with E-state index in [1.165, 1.54) is 6.07 Å². The number of ether oxygens (including phenoxy) is 1. The number of benzene rings is 3. The number of aryl methyl sites for hydroxylation is 1. The van der Waals surface area contributed by atoms with Crippen LogP contribution in [0.5, 0.6) is 5.75 Å². The summed E-state index contributed by atoms with van der Waals surface area (Å²) in [7, 11) is -3.97. The van der Waals surface area contributed by atoms with Gasteiger partial charge in [0.25, 0.3) is 0 Å². The average molecular weight is 493 g/mol. The first-order chi connectivity index (χ1) is 16.8. The highest BCUT2D eigenvalue weighted by Gasteiger charge is 2.20. The molecule has 0 saturated heterocycles. The van der Waals surface area contributed by atoms with Crippen molar-refractivity contribution < 1.29 is 23.1 Å². The van der Waals surface area contributed by atoms with Crippen molar-refractivity contribution in [2.75, 3.05) is 18.5 Å². The summed E-state index contributed by atoms with van der Waals surface area (Å²) in [4.78, 5) is 11.7. The lowest BCUT2D eigenvalue weighted by atomic mass is 10.0. The molecule has 0 radical (unpaired) electrons. The van der Waals surface area contributed by atoms with E-state index in [1.54, 1.807) is 50.2 Å². The summed E-state index contributed by atoms with van der Waals surface area (Å²) in [6.45, 7) is 3.03. The Bertz CT molecular complexity index is 1490. The minimum absolute atomic E-state index is 0.0384. The van der Waals surface area contributed by atoms with Crippen LogP contribution in [0.3, 0.4) is 0 Å². The number of aromatic nitrogens is 2. The Morgan fingerprint density at radius 2 is 1.71 bits per heavy atom. The van der Waals surface area contributed by atoms with Crippen molar-refractivity contribution in [2.45, 2.75) is 18.7 Å². The van der Waals surface area contributed by atoms with Crippen LogP contribution in [0.2, 0.25) is 0 Å². The van der Waals surface area contributed by atoms with Crippen molar-refractivity contribution in [3.05, 3.63) is 72.3 Å². The molecule has 0 aliphatic rings. The predicted molar refractivity (Wildman–Crippen MR) is 133 cm³/mol. The van der Waals surface area contributed by atoms with E-state index in [-0.39, 0.29) is 17.3 Å². The number of anilines is 2. The molecule has 0 saturated carbocycles. The first kappa shape index (κ1) is 24.1. The van der Waals surface area contributed by atoms with E-state index in [4.69, 9.17) is 4.74 Å². The van der Waals surface area contributed by atoms with Crippen molar-refractivity contribution in [1.82, 2.24) is 14.9 Å². The Kier molecular flexibility index (Phi) is 6.94. The first-order valence-electron chi connectivity index (χ1n) is 10.9. The normalized spacial score (nSPS) is 11.4. The molecule has 3 aromatic carbocycles. The van der Waals surface area contributed by atoms with Gasteiger partial charge in [0.15, 0.2) is 5.82 Å². The van der Waals surface area contributed by atoms with E-state index in [9.17, 15) is 18.3 Å². The van der Waals surface area contributed by atoms with Gasteiger partial charge in [0.1, 0.15) is 18.0 Å². The van der Waals surface area contributed by atoms with Crippen LogP contribution in [0.4, 0.5) is 11.5 Å². The molecule has 0 unspecified atom stereocenters. The monoisotopic (exact) mass is 492 g/mol. The molecule has 1 heterocycles. The van der Waals surface area contributed by atoms with Crippen molar-refractivity contribution in [3.63, 3.8) is 0 Å². The van der Waals surface area contributed by atoms with Crippen molar-refractivity contribution in [2.24, 2.45) is 0 Å². The van der Waals surface area contributed by atoms with Gasteiger partial charge in [0, 0.05) is 22.0 Å². The van der Waals surface area contributed by atoms with Gasteiger partial charge >= 0.3 is 5.97 Å². The molecular weight excluding hydrogens is 468 g/mol. The highest BCUT2D eigenvalue weighted by atomic mass is 32.2. The van der Waals surface area contributed by atoms with Crippen LogP contribution in [0.15, 0.2) is 71.6 Å². The van der Waals surface area contributed by atoms with Gasteiger partial charge in [-0.2, -0.15) is 4.72 Å². The molecule has 0 aliphatic carbocycles. The number of hydrogen-bond donors (Lipinski definition) is 3. The van der Waals surface area contributed by atoms with Crippen molar-refractivity contribution >= 4 is 38.3 Å². The summed E-state index contributed by atoms with van der Waals surface area (Å²) in [5.74, 6) is 0.0215. The number of carbonyl (C=O) groups excluding carboxylic acids is 1. The molecule has 0 amide bonds. The lowest BCUT2D eigenvalue weighted by molar-refractivity contribution is -0.141. The van der Waals surface area contributed by atoms with Crippen LogP contribution in [-0.4, -0.2) is 42.8 Å². The molecule has 10 heteroatoms. The molecule has 4 aromatic rings. The fourth-order valence-electron chi connectivity index (χ4n) is 3.57. The number of aromatic hydroxyl groups is 1. The number of phenols is 1. The molecule has 0 aliphatic heterocycles. The lowest BCUT2D eigenvalue weighted by Crippen LogP contribution is -2.31. The number of nitrogens with zero attached hydrogens (tertiary/aromatic N) is 2. The van der Waals surface area contributed by atoms with Crippen LogP contribution in [0.1, 0.15) is 12.5 Å². The minimum Gasteiger partial charge on any atom is -0.508 e. The number of nitrogens with one attached hydrogen (secondary N) is 2. The molecule has 0 atom stereocenters.